The van der Waals surface area contributed by atoms with Crippen LogP contribution in [0.3, 0.4) is 0 Å². The van der Waals surface area contributed by atoms with Crippen molar-refractivity contribution in [3.63, 3.8) is 0 Å². The van der Waals surface area contributed by atoms with Crippen molar-refractivity contribution in [2.45, 2.75) is 10.9 Å². The zero-order chi connectivity index (χ0) is 13.3. The summed E-state index contributed by atoms with van der Waals surface area (Å²) in [6.07, 6.45) is 4.68. The molecule has 0 saturated carbocycles. The maximum Gasteiger partial charge on any atom is 0.175 e. The van der Waals surface area contributed by atoms with Gasteiger partial charge in [-0.25, -0.2) is 8.42 Å². The highest BCUT2D eigenvalue weighted by Gasteiger charge is 2.14. The zero-order valence-corrected chi connectivity index (χ0v) is 11.1. The molecule has 18 heavy (non-hydrogen) atoms. The molecule has 1 aromatic heterocycles. The summed E-state index contributed by atoms with van der Waals surface area (Å²) >= 11 is 0. The largest absolute Gasteiger partial charge is 0.320 e. The Balaban J connectivity index is 2.40. The van der Waals surface area contributed by atoms with Gasteiger partial charge < -0.3 is 5.73 Å². The second-order valence-electron chi connectivity index (χ2n) is 4.27. The first kappa shape index (κ1) is 12.8. The van der Waals surface area contributed by atoms with Crippen LogP contribution in [0.5, 0.6) is 0 Å². The minimum Gasteiger partial charge on any atom is -0.320 e. The number of nitrogens with zero attached hydrogens (tertiary/aromatic N) is 2. The topological polar surface area (TPSA) is 78.0 Å². The molecular weight excluding hydrogens is 250 g/mol. The van der Waals surface area contributed by atoms with Crippen LogP contribution >= 0.6 is 0 Å². The monoisotopic (exact) mass is 265 g/mol. The van der Waals surface area contributed by atoms with Crippen molar-refractivity contribution in [1.29, 1.82) is 0 Å². The van der Waals surface area contributed by atoms with Gasteiger partial charge in [0.25, 0.3) is 0 Å². The minimum atomic E-state index is -3.21. The Morgan fingerprint density at radius 2 is 2.06 bits per heavy atom. The number of hydrogen-bond donors (Lipinski definition) is 1. The quantitative estimate of drug-likeness (QED) is 0.893. The summed E-state index contributed by atoms with van der Waals surface area (Å²) in [5.41, 5.74) is 7.70. The smallest absolute Gasteiger partial charge is 0.175 e. The highest BCUT2D eigenvalue weighted by Crippen LogP contribution is 2.21. The van der Waals surface area contributed by atoms with E-state index in [1.807, 2.05) is 19.3 Å². The van der Waals surface area contributed by atoms with E-state index in [9.17, 15) is 8.42 Å². The lowest BCUT2D eigenvalue weighted by molar-refractivity contribution is 0.601. The number of benzene rings is 1. The second kappa shape index (κ2) is 4.55. The summed E-state index contributed by atoms with van der Waals surface area (Å²) in [5.74, 6) is 0. The lowest BCUT2D eigenvalue weighted by Crippen LogP contribution is -2.12. The van der Waals surface area contributed by atoms with Gasteiger partial charge in [0.05, 0.1) is 17.1 Å². The maximum absolute atomic E-state index is 11.5. The van der Waals surface area contributed by atoms with Crippen LogP contribution in [-0.2, 0) is 16.9 Å². The van der Waals surface area contributed by atoms with Crippen LogP contribution in [0.2, 0.25) is 0 Å². The van der Waals surface area contributed by atoms with Crippen LogP contribution in [0, 0.1) is 0 Å². The van der Waals surface area contributed by atoms with Crippen LogP contribution < -0.4 is 5.73 Å². The predicted molar refractivity (Wildman–Crippen MR) is 68.8 cm³/mol. The van der Waals surface area contributed by atoms with Gasteiger partial charge >= 0.3 is 0 Å². The van der Waals surface area contributed by atoms with Gasteiger partial charge in [-0.1, -0.05) is 12.1 Å². The predicted octanol–water partition coefficient (Wildman–Crippen LogP) is 0.872. The highest BCUT2D eigenvalue weighted by atomic mass is 32.2. The lowest BCUT2D eigenvalue weighted by atomic mass is 10.0. The third-order valence-electron chi connectivity index (χ3n) is 2.73. The molecule has 1 unspecified atom stereocenters. The normalized spacial score (nSPS) is 13.5. The molecule has 0 radical (unpaired) electrons. The van der Waals surface area contributed by atoms with Crippen LogP contribution in [0.4, 0.5) is 0 Å². The third-order valence-corrected chi connectivity index (χ3v) is 3.84. The van der Waals surface area contributed by atoms with Gasteiger partial charge in [0.1, 0.15) is 0 Å². The maximum atomic E-state index is 11.5. The number of rotatable bonds is 3. The number of nitrogens with two attached hydrogens (primary N) is 1. The molecular formula is C12H15N3O2S. The van der Waals surface area contributed by atoms with Crippen molar-refractivity contribution in [3.05, 3.63) is 47.8 Å². The average Bonchev–Trinajstić information content (AvgIpc) is 2.74. The van der Waals surface area contributed by atoms with E-state index in [1.165, 1.54) is 6.26 Å². The van der Waals surface area contributed by atoms with E-state index in [0.717, 1.165) is 11.1 Å². The Bertz CT molecular complexity index is 661. The molecule has 2 aromatic rings. The Morgan fingerprint density at radius 3 is 2.61 bits per heavy atom. The summed E-state index contributed by atoms with van der Waals surface area (Å²) in [6.45, 7) is 0. The third kappa shape index (κ3) is 2.60. The zero-order valence-electron chi connectivity index (χ0n) is 10.2. The molecule has 1 aromatic carbocycles. The van der Waals surface area contributed by atoms with Gasteiger partial charge in [-0.05, 0) is 17.7 Å². The highest BCUT2D eigenvalue weighted by molar-refractivity contribution is 7.90. The molecule has 0 amide bonds. The molecule has 0 aliphatic heterocycles. The Labute approximate surface area is 106 Å². The Morgan fingerprint density at radius 1 is 1.33 bits per heavy atom. The fourth-order valence-electron chi connectivity index (χ4n) is 1.73. The number of hydrogen-bond acceptors (Lipinski definition) is 4. The molecule has 1 atom stereocenters. The van der Waals surface area contributed by atoms with Crippen LogP contribution in [0.1, 0.15) is 17.2 Å². The standard InChI is InChI=1S/C12H15N3O2S/c1-15-8-10(7-14-15)12(13)9-4-3-5-11(6-9)18(2,16)17/h3-8,12H,13H2,1-2H3. The van der Waals surface area contributed by atoms with E-state index < -0.39 is 9.84 Å². The van der Waals surface area contributed by atoms with Crippen LogP contribution in [-0.4, -0.2) is 24.5 Å². The fraction of sp³-hybridized carbons (Fsp3) is 0.250. The lowest BCUT2D eigenvalue weighted by Gasteiger charge is -2.11. The van der Waals surface area contributed by atoms with Crippen molar-refractivity contribution in [2.24, 2.45) is 12.8 Å². The molecule has 0 bridgehead atoms. The molecule has 1 heterocycles. The molecule has 6 heteroatoms. The summed E-state index contributed by atoms with van der Waals surface area (Å²) in [7, 11) is -1.40. The fourth-order valence-corrected chi connectivity index (χ4v) is 2.41. The van der Waals surface area contributed by atoms with Gasteiger partial charge in [0.2, 0.25) is 0 Å². The summed E-state index contributed by atoms with van der Waals surface area (Å²) in [4.78, 5) is 0.277. The molecule has 0 saturated heterocycles. The van der Waals surface area contributed by atoms with Gasteiger partial charge in [-0.15, -0.1) is 0 Å². The number of sulfone groups is 1. The van der Waals surface area contributed by atoms with E-state index in [4.69, 9.17) is 5.73 Å². The van der Waals surface area contributed by atoms with Crippen LogP contribution in [0.15, 0.2) is 41.6 Å². The summed E-state index contributed by atoms with van der Waals surface area (Å²) in [6, 6.07) is 6.30. The van der Waals surface area contributed by atoms with Gasteiger partial charge in [0, 0.05) is 25.1 Å². The Kier molecular flexibility index (Phi) is 3.23. The van der Waals surface area contributed by atoms with E-state index in [2.05, 4.69) is 5.10 Å². The van der Waals surface area contributed by atoms with Gasteiger partial charge in [-0.3, -0.25) is 4.68 Å². The molecule has 0 fully saturated rings. The molecule has 0 aliphatic carbocycles. The number of aryl methyl sites for hydroxylation is 1. The first-order valence-electron chi connectivity index (χ1n) is 5.42. The van der Waals surface area contributed by atoms with E-state index >= 15 is 0 Å². The van der Waals surface area contributed by atoms with Crippen molar-refractivity contribution >= 4 is 9.84 Å². The Hall–Kier alpha value is -1.66. The SMILES string of the molecule is Cn1cc(C(N)c2cccc(S(C)(=O)=O)c2)cn1. The second-order valence-corrected chi connectivity index (χ2v) is 6.29. The van der Waals surface area contributed by atoms with Crippen LogP contribution in [0.25, 0.3) is 0 Å². The van der Waals surface area contributed by atoms with Crippen molar-refractivity contribution in [3.8, 4) is 0 Å². The van der Waals surface area contributed by atoms with E-state index in [-0.39, 0.29) is 10.9 Å². The van der Waals surface area contributed by atoms with Gasteiger partial charge in [0.15, 0.2) is 9.84 Å². The molecule has 2 rings (SSSR count). The average molecular weight is 265 g/mol. The summed E-state index contributed by atoms with van der Waals surface area (Å²) < 4.78 is 24.6. The van der Waals surface area contributed by atoms with Crippen molar-refractivity contribution in [1.82, 2.24) is 9.78 Å². The van der Waals surface area contributed by atoms with E-state index in [0.29, 0.717) is 0 Å². The first-order chi connectivity index (χ1) is 8.38. The van der Waals surface area contributed by atoms with Crippen molar-refractivity contribution < 1.29 is 8.42 Å². The van der Waals surface area contributed by atoms with Crippen molar-refractivity contribution in [2.75, 3.05) is 6.26 Å². The first-order valence-corrected chi connectivity index (χ1v) is 7.31. The summed E-state index contributed by atoms with van der Waals surface area (Å²) in [5, 5.41) is 4.05. The minimum absolute atomic E-state index is 0.277. The van der Waals surface area contributed by atoms with Gasteiger partial charge in [-0.2, -0.15) is 5.10 Å². The molecule has 96 valence electrons. The molecule has 5 nitrogen and oxygen atoms in total. The molecule has 0 aliphatic rings. The number of aromatic nitrogens is 2. The molecule has 2 N–H and O–H groups in total. The van der Waals surface area contributed by atoms with E-state index in [1.54, 1.807) is 29.1 Å². The molecule has 0 spiro atoms.